The molecule has 2 atom stereocenters. The Kier molecular flexibility index (Phi) is 5.27. The highest BCUT2D eigenvalue weighted by Gasteiger charge is 2.20. The predicted molar refractivity (Wildman–Crippen MR) is 64.8 cm³/mol. The lowest BCUT2D eigenvalue weighted by Gasteiger charge is -2.22. The van der Waals surface area contributed by atoms with Crippen molar-refractivity contribution < 1.29 is 14.8 Å². The molecular weight excluding hydrogens is 228 g/mol. The van der Waals surface area contributed by atoms with Crippen LogP contribution in [0.25, 0.3) is 0 Å². The molecule has 0 radical (unpaired) electrons. The molecule has 5 nitrogen and oxygen atoms in total. The van der Waals surface area contributed by atoms with Crippen LogP contribution in [0.15, 0.2) is 16.8 Å². The molecule has 1 aliphatic heterocycles. The van der Waals surface area contributed by atoms with Gasteiger partial charge in [0.05, 0.1) is 25.3 Å². The number of aliphatic hydroxyl groups is 2. The van der Waals surface area contributed by atoms with Gasteiger partial charge < -0.3 is 20.1 Å². The predicted octanol–water partition coefficient (Wildman–Crippen LogP) is -0.618. The Labute approximate surface area is 98.5 Å². The summed E-state index contributed by atoms with van der Waals surface area (Å²) in [5.74, 6) is 0. The van der Waals surface area contributed by atoms with E-state index in [-0.39, 0.29) is 25.3 Å². The summed E-state index contributed by atoms with van der Waals surface area (Å²) in [6, 6.07) is -0.299. The van der Waals surface area contributed by atoms with E-state index in [4.69, 9.17) is 10.2 Å². The standard InChI is InChI=1S/C10H18N2O3S/c1-7-3-8(12-9(5-13)6-14)4-10(11-7)16(2)15/h4,7,9,12-14H,3,5-6H2,1-2H3. The van der Waals surface area contributed by atoms with Gasteiger partial charge in [-0.1, -0.05) is 0 Å². The highest BCUT2D eigenvalue weighted by Crippen LogP contribution is 2.15. The van der Waals surface area contributed by atoms with E-state index in [0.717, 1.165) is 5.70 Å². The number of nitrogens with one attached hydrogen (secondary N) is 1. The van der Waals surface area contributed by atoms with Gasteiger partial charge in [0.25, 0.3) is 0 Å². The average Bonchev–Trinajstić information content (AvgIpc) is 2.25. The van der Waals surface area contributed by atoms with Crippen molar-refractivity contribution in [2.24, 2.45) is 4.99 Å². The summed E-state index contributed by atoms with van der Waals surface area (Å²) in [6.07, 6.45) is 4.02. The zero-order chi connectivity index (χ0) is 12.1. The van der Waals surface area contributed by atoms with Crippen LogP contribution in [0.1, 0.15) is 13.3 Å². The minimum atomic E-state index is -1.10. The van der Waals surface area contributed by atoms with Crippen LogP contribution in [0.2, 0.25) is 0 Å². The molecule has 1 heterocycles. The van der Waals surface area contributed by atoms with Gasteiger partial charge in [-0.15, -0.1) is 0 Å². The molecular formula is C10H18N2O3S. The minimum absolute atomic E-state index is 0.0736. The van der Waals surface area contributed by atoms with Gasteiger partial charge in [-0.05, 0) is 6.92 Å². The molecule has 0 saturated heterocycles. The molecule has 92 valence electrons. The number of hydrogen-bond donors (Lipinski definition) is 3. The fourth-order valence-electron chi connectivity index (χ4n) is 1.50. The van der Waals surface area contributed by atoms with Gasteiger partial charge in [0.2, 0.25) is 5.04 Å². The third kappa shape index (κ3) is 3.79. The van der Waals surface area contributed by atoms with Crippen LogP contribution in [-0.2, 0) is 11.2 Å². The van der Waals surface area contributed by atoms with E-state index in [9.17, 15) is 4.55 Å². The summed E-state index contributed by atoms with van der Waals surface area (Å²) < 4.78 is 11.3. The van der Waals surface area contributed by atoms with Gasteiger partial charge in [-0.25, -0.2) is 4.99 Å². The Morgan fingerprint density at radius 1 is 1.62 bits per heavy atom. The molecule has 0 aromatic rings. The van der Waals surface area contributed by atoms with Crippen molar-refractivity contribution >= 4 is 16.2 Å². The number of aliphatic imine (C=N–C) groups is 1. The Morgan fingerprint density at radius 3 is 2.75 bits per heavy atom. The fourth-order valence-corrected chi connectivity index (χ4v) is 2.13. The smallest absolute Gasteiger partial charge is 0.241 e. The highest BCUT2D eigenvalue weighted by molar-refractivity contribution is 8.06. The van der Waals surface area contributed by atoms with Crippen LogP contribution in [0.3, 0.4) is 0 Å². The molecule has 0 saturated carbocycles. The third-order valence-corrected chi connectivity index (χ3v) is 3.10. The highest BCUT2D eigenvalue weighted by atomic mass is 32.2. The van der Waals surface area contributed by atoms with E-state index in [1.165, 1.54) is 0 Å². The maximum Gasteiger partial charge on any atom is 0.241 e. The second-order valence-corrected chi connectivity index (χ2v) is 5.18. The molecule has 0 bridgehead atoms. The first-order chi connectivity index (χ1) is 7.56. The number of dihydropyridines is 1. The first-order valence-corrected chi connectivity index (χ1v) is 6.72. The molecule has 6 heteroatoms. The lowest BCUT2D eigenvalue weighted by molar-refractivity contribution is 0.177. The average molecular weight is 246 g/mol. The molecule has 16 heavy (non-hydrogen) atoms. The van der Waals surface area contributed by atoms with Gasteiger partial charge in [-0.2, -0.15) is 0 Å². The van der Waals surface area contributed by atoms with E-state index < -0.39 is 11.2 Å². The van der Waals surface area contributed by atoms with Crippen molar-refractivity contribution in [3.63, 3.8) is 0 Å². The van der Waals surface area contributed by atoms with Crippen molar-refractivity contribution in [3.05, 3.63) is 11.8 Å². The van der Waals surface area contributed by atoms with Gasteiger partial charge in [-0.3, -0.25) is 0 Å². The van der Waals surface area contributed by atoms with Crippen LogP contribution in [0.5, 0.6) is 0 Å². The summed E-state index contributed by atoms with van der Waals surface area (Å²) in [5.41, 5.74) is 0.862. The van der Waals surface area contributed by atoms with Crippen molar-refractivity contribution in [2.75, 3.05) is 19.5 Å². The molecule has 1 aliphatic rings. The number of aliphatic hydroxyl groups excluding tert-OH is 2. The largest absolute Gasteiger partial charge is 0.610 e. The van der Waals surface area contributed by atoms with Crippen LogP contribution < -0.4 is 5.32 Å². The van der Waals surface area contributed by atoms with Crippen molar-refractivity contribution in [1.82, 2.24) is 5.32 Å². The number of nitrogens with zero attached hydrogens (tertiary/aromatic N) is 1. The maximum absolute atomic E-state index is 11.3. The van der Waals surface area contributed by atoms with E-state index in [2.05, 4.69) is 10.3 Å². The van der Waals surface area contributed by atoms with Gasteiger partial charge >= 0.3 is 0 Å². The molecule has 1 rings (SSSR count). The normalized spacial score (nSPS) is 22.8. The molecule has 0 amide bonds. The Hall–Kier alpha value is -0.560. The van der Waals surface area contributed by atoms with E-state index in [0.29, 0.717) is 11.5 Å². The first-order valence-electron chi connectivity index (χ1n) is 5.16. The van der Waals surface area contributed by atoms with Crippen LogP contribution in [0, 0.1) is 0 Å². The topological polar surface area (TPSA) is 87.9 Å². The van der Waals surface area contributed by atoms with E-state index >= 15 is 0 Å². The summed E-state index contributed by atoms with van der Waals surface area (Å²) >= 11 is -1.10. The molecule has 0 aromatic heterocycles. The molecule has 0 aromatic carbocycles. The van der Waals surface area contributed by atoms with Crippen LogP contribution in [0.4, 0.5) is 0 Å². The van der Waals surface area contributed by atoms with Crippen molar-refractivity contribution in [3.8, 4) is 0 Å². The SMILES string of the molecule is CC1CC(NC(CO)CO)=CC([S+](C)[O-])=N1. The fraction of sp³-hybridized carbons (Fsp3) is 0.700. The Morgan fingerprint density at radius 2 is 2.25 bits per heavy atom. The van der Waals surface area contributed by atoms with Crippen molar-refractivity contribution in [1.29, 1.82) is 0 Å². The van der Waals surface area contributed by atoms with E-state index in [1.807, 2.05) is 6.92 Å². The van der Waals surface area contributed by atoms with Crippen LogP contribution in [-0.4, -0.2) is 51.4 Å². The van der Waals surface area contributed by atoms with Gasteiger partial charge in [0.15, 0.2) is 0 Å². The zero-order valence-electron chi connectivity index (χ0n) is 9.51. The number of hydrogen-bond acceptors (Lipinski definition) is 5. The quantitative estimate of drug-likeness (QED) is 0.577. The van der Waals surface area contributed by atoms with E-state index in [1.54, 1.807) is 12.3 Å². The van der Waals surface area contributed by atoms with Gasteiger partial charge in [0, 0.05) is 29.4 Å². The molecule has 0 spiro atoms. The monoisotopic (exact) mass is 246 g/mol. The molecule has 3 N–H and O–H groups in total. The summed E-state index contributed by atoms with van der Waals surface area (Å²) in [7, 11) is 0. The molecule has 0 fully saturated rings. The second kappa shape index (κ2) is 6.24. The lowest BCUT2D eigenvalue weighted by atomic mass is 10.1. The Bertz CT molecular complexity index is 288. The molecule has 0 aliphatic carbocycles. The minimum Gasteiger partial charge on any atom is -0.610 e. The zero-order valence-corrected chi connectivity index (χ0v) is 10.3. The molecule has 2 unspecified atom stereocenters. The Balaban J connectivity index is 2.70. The lowest BCUT2D eigenvalue weighted by Crippen LogP contribution is -2.37. The number of rotatable bonds is 4. The maximum atomic E-state index is 11.3. The summed E-state index contributed by atoms with van der Waals surface area (Å²) in [6.45, 7) is 1.67. The first kappa shape index (κ1) is 13.5. The summed E-state index contributed by atoms with van der Waals surface area (Å²) in [5, 5.41) is 21.5. The third-order valence-electron chi connectivity index (χ3n) is 2.29. The van der Waals surface area contributed by atoms with Gasteiger partial charge in [0.1, 0.15) is 6.26 Å². The summed E-state index contributed by atoms with van der Waals surface area (Å²) in [4.78, 5) is 4.27. The van der Waals surface area contributed by atoms with Crippen molar-refractivity contribution in [2.45, 2.75) is 25.4 Å². The second-order valence-electron chi connectivity index (χ2n) is 3.85. The van der Waals surface area contributed by atoms with Crippen LogP contribution >= 0.6 is 0 Å².